The fourth-order valence-electron chi connectivity index (χ4n) is 2.18. The van der Waals surface area contributed by atoms with E-state index in [-0.39, 0.29) is 33.4 Å². The van der Waals surface area contributed by atoms with Crippen LogP contribution in [0.4, 0.5) is 0 Å². The van der Waals surface area contributed by atoms with Gasteiger partial charge in [-0.1, -0.05) is 29.3 Å². The summed E-state index contributed by atoms with van der Waals surface area (Å²) in [7, 11) is 0. The summed E-state index contributed by atoms with van der Waals surface area (Å²) in [4.78, 5) is 23.3. The number of phenols is 1. The van der Waals surface area contributed by atoms with Crippen LogP contribution in [0.2, 0.25) is 10.0 Å². The number of ketones is 1. The number of benzene rings is 2. The molecule has 5 nitrogen and oxygen atoms in total. The number of Topliss-reactive ketones (excluding diaryl/α,β-unsaturated/α-hetero) is 1. The highest BCUT2D eigenvalue weighted by molar-refractivity contribution is 6.37. The summed E-state index contributed by atoms with van der Waals surface area (Å²) in [5, 5.41) is 19.0. The summed E-state index contributed by atoms with van der Waals surface area (Å²) >= 11 is 11.9. The number of hydrogen-bond donors (Lipinski definition) is 2. The smallest absolute Gasteiger partial charge is 0.339 e. The second-order valence-electron chi connectivity index (χ2n) is 4.79. The molecule has 0 atom stereocenters. The Balaban J connectivity index is 2.03. The Labute approximate surface area is 140 Å². The summed E-state index contributed by atoms with van der Waals surface area (Å²) in [6.45, 7) is 0. The Morgan fingerprint density at radius 1 is 1.17 bits per heavy atom. The molecule has 3 rings (SSSR count). The number of rotatable bonds is 2. The van der Waals surface area contributed by atoms with Gasteiger partial charge in [-0.2, -0.15) is 0 Å². The molecule has 1 aliphatic heterocycles. The van der Waals surface area contributed by atoms with Gasteiger partial charge in [-0.15, -0.1) is 0 Å². The Kier molecular flexibility index (Phi) is 3.75. The van der Waals surface area contributed by atoms with Crippen LogP contribution in [0.1, 0.15) is 26.3 Å². The summed E-state index contributed by atoms with van der Waals surface area (Å²) in [6, 6.07) is 6.83. The van der Waals surface area contributed by atoms with Crippen molar-refractivity contribution in [3.05, 3.63) is 62.8 Å². The van der Waals surface area contributed by atoms with Gasteiger partial charge in [0.2, 0.25) is 5.78 Å². The first-order valence-corrected chi connectivity index (χ1v) is 7.12. The third-order valence-corrected chi connectivity index (χ3v) is 3.74. The van der Waals surface area contributed by atoms with Crippen LogP contribution >= 0.6 is 23.2 Å². The van der Waals surface area contributed by atoms with Crippen molar-refractivity contribution in [2.45, 2.75) is 0 Å². The van der Waals surface area contributed by atoms with Gasteiger partial charge in [0.05, 0.1) is 10.6 Å². The van der Waals surface area contributed by atoms with E-state index < -0.39 is 11.8 Å². The molecule has 23 heavy (non-hydrogen) atoms. The van der Waals surface area contributed by atoms with Crippen molar-refractivity contribution in [1.29, 1.82) is 0 Å². The minimum Gasteiger partial charge on any atom is -0.507 e. The average Bonchev–Trinajstić information content (AvgIpc) is 2.78. The number of allylic oxidation sites excluding steroid dienone is 1. The van der Waals surface area contributed by atoms with Gasteiger partial charge in [-0.05, 0) is 35.9 Å². The number of aromatic carboxylic acids is 1. The Bertz CT molecular complexity index is 886. The molecule has 2 N–H and O–H groups in total. The van der Waals surface area contributed by atoms with Crippen LogP contribution in [0.5, 0.6) is 11.5 Å². The molecule has 2 aromatic carbocycles. The molecule has 1 heterocycles. The topological polar surface area (TPSA) is 83.8 Å². The van der Waals surface area contributed by atoms with Crippen molar-refractivity contribution in [2.75, 3.05) is 0 Å². The van der Waals surface area contributed by atoms with Gasteiger partial charge in [-0.25, -0.2) is 4.79 Å². The van der Waals surface area contributed by atoms with Crippen LogP contribution in [-0.4, -0.2) is 22.0 Å². The Morgan fingerprint density at radius 3 is 2.61 bits per heavy atom. The van der Waals surface area contributed by atoms with Crippen molar-refractivity contribution < 1.29 is 24.5 Å². The number of carbonyl (C=O) groups is 2. The highest BCUT2D eigenvalue weighted by Gasteiger charge is 2.30. The largest absolute Gasteiger partial charge is 0.507 e. The van der Waals surface area contributed by atoms with E-state index in [1.807, 2.05) is 0 Å². The minimum atomic E-state index is -1.28. The second-order valence-corrected chi connectivity index (χ2v) is 5.63. The molecule has 0 unspecified atom stereocenters. The fourth-order valence-corrected chi connectivity index (χ4v) is 2.71. The van der Waals surface area contributed by atoms with Gasteiger partial charge >= 0.3 is 5.97 Å². The first kappa shape index (κ1) is 15.4. The van der Waals surface area contributed by atoms with Crippen molar-refractivity contribution in [2.24, 2.45) is 0 Å². The summed E-state index contributed by atoms with van der Waals surface area (Å²) in [6.07, 6.45) is 1.37. The molecule has 0 amide bonds. The van der Waals surface area contributed by atoms with E-state index in [1.165, 1.54) is 36.4 Å². The maximum Gasteiger partial charge on any atom is 0.339 e. The Morgan fingerprint density at radius 2 is 1.91 bits per heavy atom. The van der Waals surface area contributed by atoms with E-state index in [2.05, 4.69) is 0 Å². The van der Waals surface area contributed by atoms with Gasteiger partial charge in [0.1, 0.15) is 11.3 Å². The van der Waals surface area contributed by atoms with Gasteiger partial charge < -0.3 is 14.9 Å². The number of aromatic hydroxyl groups is 1. The zero-order valence-electron chi connectivity index (χ0n) is 11.3. The van der Waals surface area contributed by atoms with E-state index >= 15 is 0 Å². The lowest BCUT2D eigenvalue weighted by molar-refractivity contribution is 0.0693. The molecule has 7 heteroatoms. The van der Waals surface area contributed by atoms with Gasteiger partial charge in [-0.3, -0.25) is 4.79 Å². The zero-order chi connectivity index (χ0) is 16.7. The quantitative estimate of drug-likeness (QED) is 0.799. The van der Waals surface area contributed by atoms with E-state index in [1.54, 1.807) is 0 Å². The predicted octanol–water partition coefficient (Wildman–Crippen LogP) is 4.01. The number of carboxylic acids is 1. The number of halogens is 2. The van der Waals surface area contributed by atoms with E-state index in [9.17, 15) is 14.7 Å². The molecule has 0 radical (unpaired) electrons. The normalized spacial score (nSPS) is 14.7. The Hall–Kier alpha value is -2.50. The average molecular weight is 351 g/mol. The molecular formula is C16H8Cl2O5. The van der Waals surface area contributed by atoms with E-state index in [0.29, 0.717) is 10.6 Å². The third-order valence-electron chi connectivity index (χ3n) is 3.24. The fraction of sp³-hybridized carbons (Fsp3) is 0. The van der Waals surface area contributed by atoms with Crippen molar-refractivity contribution in [3.63, 3.8) is 0 Å². The molecule has 0 saturated heterocycles. The molecule has 0 bridgehead atoms. The highest BCUT2D eigenvalue weighted by Crippen LogP contribution is 2.40. The van der Waals surface area contributed by atoms with Crippen LogP contribution in [0.3, 0.4) is 0 Å². The SMILES string of the molecule is O=C(O)c1cc(/C=C2\Oc3c(Cl)cc(Cl)cc3C2=O)ccc1O. The standard InChI is InChI=1S/C16H8Cl2O5/c17-8-5-10-14(20)13(23-15(10)11(18)6-8)4-7-1-2-12(19)9(3-7)16(21)22/h1-6,19H,(H,21,22)/b13-4-. The summed E-state index contributed by atoms with van der Waals surface area (Å²) < 4.78 is 5.45. The highest BCUT2D eigenvalue weighted by atomic mass is 35.5. The predicted molar refractivity (Wildman–Crippen MR) is 84.5 cm³/mol. The van der Waals surface area contributed by atoms with Crippen molar-refractivity contribution in [1.82, 2.24) is 0 Å². The van der Waals surface area contributed by atoms with E-state index in [0.717, 1.165) is 0 Å². The molecular weight excluding hydrogens is 343 g/mol. The maximum absolute atomic E-state index is 12.3. The van der Waals surface area contributed by atoms with Crippen LogP contribution in [-0.2, 0) is 0 Å². The van der Waals surface area contributed by atoms with Crippen LogP contribution < -0.4 is 4.74 Å². The molecule has 0 fully saturated rings. The number of carbonyl (C=O) groups excluding carboxylic acids is 1. The molecule has 0 aliphatic carbocycles. The number of hydrogen-bond acceptors (Lipinski definition) is 4. The minimum absolute atomic E-state index is 0.00815. The lowest BCUT2D eigenvalue weighted by atomic mass is 10.1. The molecule has 116 valence electrons. The van der Waals surface area contributed by atoms with Gasteiger partial charge in [0.25, 0.3) is 0 Å². The molecule has 0 aromatic heterocycles. The van der Waals surface area contributed by atoms with Crippen molar-refractivity contribution in [3.8, 4) is 11.5 Å². The summed E-state index contributed by atoms with van der Waals surface area (Å²) in [5.74, 6) is -1.85. The van der Waals surface area contributed by atoms with Gasteiger partial charge in [0.15, 0.2) is 11.5 Å². The zero-order valence-corrected chi connectivity index (χ0v) is 12.9. The third kappa shape index (κ3) is 2.76. The second kappa shape index (κ2) is 5.61. The molecule has 0 spiro atoms. The molecule has 2 aromatic rings. The first-order chi connectivity index (χ1) is 10.9. The maximum atomic E-state index is 12.3. The first-order valence-electron chi connectivity index (χ1n) is 6.36. The summed E-state index contributed by atoms with van der Waals surface area (Å²) in [5.41, 5.74) is 0.355. The number of carboxylic acid groups (broad SMARTS) is 1. The number of fused-ring (bicyclic) bond motifs is 1. The van der Waals surface area contributed by atoms with Crippen molar-refractivity contribution >= 4 is 41.0 Å². The van der Waals surface area contributed by atoms with Crippen LogP contribution in [0.25, 0.3) is 6.08 Å². The molecule has 0 saturated carbocycles. The number of ether oxygens (including phenoxy) is 1. The molecule has 1 aliphatic rings. The lowest BCUT2D eigenvalue weighted by Gasteiger charge is -2.03. The van der Waals surface area contributed by atoms with Crippen LogP contribution in [0, 0.1) is 0 Å². The lowest BCUT2D eigenvalue weighted by Crippen LogP contribution is -2.00. The van der Waals surface area contributed by atoms with Gasteiger partial charge in [0, 0.05) is 5.02 Å². The monoisotopic (exact) mass is 350 g/mol. The van der Waals surface area contributed by atoms with E-state index in [4.69, 9.17) is 33.0 Å². The van der Waals surface area contributed by atoms with Crippen LogP contribution in [0.15, 0.2) is 36.1 Å².